The van der Waals surface area contributed by atoms with Gasteiger partial charge in [-0.1, -0.05) is 12.1 Å². The summed E-state index contributed by atoms with van der Waals surface area (Å²) in [6.07, 6.45) is -3.72. The Bertz CT molecular complexity index is 497. The molecule has 6 heteroatoms. The third-order valence-corrected chi connectivity index (χ3v) is 2.54. The Labute approximate surface area is 102 Å². The van der Waals surface area contributed by atoms with Crippen molar-refractivity contribution < 1.29 is 28.2 Å². The molecule has 0 amide bonds. The first-order valence-electron chi connectivity index (χ1n) is 5.32. The maximum absolute atomic E-state index is 13.0. The molecule has 1 aliphatic heterocycles. The number of halogens is 2. The standard InChI is InChI=1S/C12H12F2O4/c1-11(2)6-7-4-3-5-8(9(7)18-11)17-12(13,14)10(15)16/h3-5H,6H2,1-2H3,(H,15,16). The summed E-state index contributed by atoms with van der Waals surface area (Å²) in [5, 5.41) is 8.34. The second-order valence-electron chi connectivity index (χ2n) is 4.71. The van der Waals surface area contributed by atoms with Crippen molar-refractivity contribution in [2.75, 3.05) is 0 Å². The van der Waals surface area contributed by atoms with E-state index >= 15 is 0 Å². The predicted octanol–water partition coefficient (Wildman–Crippen LogP) is 2.46. The summed E-state index contributed by atoms with van der Waals surface area (Å²) in [5.41, 5.74) is 0.207. The molecule has 18 heavy (non-hydrogen) atoms. The first kappa shape index (κ1) is 12.6. The number of benzene rings is 1. The molecule has 0 aromatic heterocycles. The maximum atomic E-state index is 13.0. The molecule has 1 heterocycles. The van der Waals surface area contributed by atoms with Crippen molar-refractivity contribution in [3.63, 3.8) is 0 Å². The van der Waals surface area contributed by atoms with Crippen LogP contribution in [0.25, 0.3) is 0 Å². The highest BCUT2D eigenvalue weighted by molar-refractivity contribution is 5.74. The molecule has 0 unspecified atom stereocenters. The lowest BCUT2D eigenvalue weighted by Gasteiger charge is -2.19. The minimum absolute atomic E-state index is 0.184. The number of carboxylic acid groups (broad SMARTS) is 1. The summed E-state index contributed by atoms with van der Waals surface area (Å²) >= 11 is 0. The third-order valence-electron chi connectivity index (χ3n) is 2.54. The molecule has 1 aromatic carbocycles. The molecule has 1 aliphatic rings. The smallest absolute Gasteiger partial charge is 0.483 e. The molecule has 0 saturated heterocycles. The van der Waals surface area contributed by atoms with Gasteiger partial charge in [-0.05, 0) is 19.9 Å². The highest BCUT2D eigenvalue weighted by Crippen LogP contribution is 2.43. The Balaban J connectivity index is 2.33. The number of carbonyl (C=O) groups is 1. The van der Waals surface area contributed by atoms with Crippen molar-refractivity contribution in [3.05, 3.63) is 23.8 Å². The number of hydrogen-bond donors (Lipinski definition) is 1. The van der Waals surface area contributed by atoms with Gasteiger partial charge in [-0.25, -0.2) is 4.79 Å². The molecule has 0 fully saturated rings. The summed E-state index contributed by atoms with van der Waals surface area (Å²) in [7, 11) is 0. The van der Waals surface area contributed by atoms with E-state index in [9.17, 15) is 13.6 Å². The van der Waals surface area contributed by atoms with Crippen molar-refractivity contribution in [3.8, 4) is 11.5 Å². The Kier molecular flexibility index (Phi) is 2.68. The predicted molar refractivity (Wildman–Crippen MR) is 58.1 cm³/mol. The van der Waals surface area contributed by atoms with Gasteiger partial charge >= 0.3 is 12.1 Å². The van der Waals surface area contributed by atoms with Crippen LogP contribution in [0.1, 0.15) is 19.4 Å². The van der Waals surface area contributed by atoms with Gasteiger partial charge in [0, 0.05) is 12.0 Å². The molecule has 4 nitrogen and oxygen atoms in total. The zero-order valence-corrected chi connectivity index (χ0v) is 9.87. The largest absolute Gasteiger partial charge is 0.502 e. The quantitative estimate of drug-likeness (QED) is 0.904. The fourth-order valence-electron chi connectivity index (χ4n) is 1.85. The van der Waals surface area contributed by atoms with Crippen LogP contribution in [0.2, 0.25) is 0 Å². The highest BCUT2D eigenvalue weighted by atomic mass is 19.3. The topological polar surface area (TPSA) is 55.8 Å². The fraction of sp³-hybridized carbons (Fsp3) is 0.417. The number of aliphatic carboxylic acids is 1. The van der Waals surface area contributed by atoms with Gasteiger partial charge in [0.2, 0.25) is 0 Å². The number of ether oxygens (including phenoxy) is 2. The van der Waals surface area contributed by atoms with Crippen molar-refractivity contribution in [1.82, 2.24) is 0 Å². The van der Waals surface area contributed by atoms with E-state index in [0.717, 1.165) is 5.56 Å². The monoisotopic (exact) mass is 258 g/mol. The molecule has 0 spiro atoms. The zero-order valence-electron chi connectivity index (χ0n) is 9.87. The Hall–Kier alpha value is -1.85. The molecule has 2 rings (SSSR count). The second-order valence-corrected chi connectivity index (χ2v) is 4.71. The summed E-state index contributed by atoms with van der Waals surface area (Å²) in [5.74, 6) is -2.41. The highest BCUT2D eigenvalue weighted by Gasteiger charge is 2.44. The number of fused-ring (bicyclic) bond motifs is 1. The fourth-order valence-corrected chi connectivity index (χ4v) is 1.85. The van der Waals surface area contributed by atoms with E-state index in [2.05, 4.69) is 4.74 Å². The van der Waals surface area contributed by atoms with Crippen LogP contribution in [0.5, 0.6) is 11.5 Å². The Morgan fingerprint density at radius 2 is 2.17 bits per heavy atom. The average molecular weight is 258 g/mol. The van der Waals surface area contributed by atoms with E-state index in [-0.39, 0.29) is 11.5 Å². The average Bonchev–Trinajstić information content (AvgIpc) is 2.52. The minimum atomic E-state index is -4.27. The Morgan fingerprint density at radius 3 is 2.78 bits per heavy atom. The SMILES string of the molecule is CC1(C)Cc2cccc(OC(F)(F)C(=O)O)c2O1. The van der Waals surface area contributed by atoms with E-state index in [1.54, 1.807) is 6.07 Å². The van der Waals surface area contributed by atoms with Crippen molar-refractivity contribution in [2.45, 2.75) is 32.0 Å². The lowest BCUT2D eigenvalue weighted by atomic mass is 10.0. The van der Waals surface area contributed by atoms with Gasteiger partial charge < -0.3 is 14.6 Å². The van der Waals surface area contributed by atoms with Crippen LogP contribution in [-0.4, -0.2) is 22.8 Å². The van der Waals surface area contributed by atoms with Crippen molar-refractivity contribution in [2.24, 2.45) is 0 Å². The van der Waals surface area contributed by atoms with E-state index in [0.29, 0.717) is 6.42 Å². The van der Waals surface area contributed by atoms with Crippen LogP contribution >= 0.6 is 0 Å². The van der Waals surface area contributed by atoms with Gasteiger partial charge in [0.25, 0.3) is 0 Å². The van der Waals surface area contributed by atoms with Crippen molar-refractivity contribution in [1.29, 1.82) is 0 Å². The van der Waals surface area contributed by atoms with Crippen molar-refractivity contribution >= 4 is 5.97 Å². The second kappa shape index (κ2) is 3.83. The number of hydrogen-bond acceptors (Lipinski definition) is 3. The molecule has 1 aromatic rings. The molecule has 0 radical (unpaired) electrons. The Morgan fingerprint density at radius 1 is 1.50 bits per heavy atom. The molecule has 98 valence electrons. The van der Waals surface area contributed by atoms with Crippen LogP contribution in [-0.2, 0) is 11.2 Å². The molecule has 0 bridgehead atoms. The van der Waals surface area contributed by atoms with E-state index in [1.807, 2.05) is 13.8 Å². The van der Waals surface area contributed by atoms with Gasteiger partial charge in [-0.3, -0.25) is 0 Å². The molecule has 1 N–H and O–H groups in total. The third kappa shape index (κ3) is 2.23. The van der Waals surface area contributed by atoms with Crippen LogP contribution in [0, 0.1) is 0 Å². The summed E-state index contributed by atoms with van der Waals surface area (Å²) in [6.45, 7) is 3.62. The van der Waals surface area contributed by atoms with Crippen LogP contribution in [0.3, 0.4) is 0 Å². The first-order chi connectivity index (χ1) is 8.21. The van der Waals surface area contributed by atoms with Gasteiger partial charge in [-0.2, -0.15) is 8.78 Å². The van der Waals surface area contributed by atoms with Crippen LogP contribution < -0.4 is 9.47 Å². The maximum Gasteiger partial charge on any atom is 0.502 e. The first-order valence-corrected chi connectivity index (χ1v) is 5.32. The molecule has 0 aliphatic carbocycles. The number of alkyl halides is 2. The van der Waals surface area contributed by atoms with E-state index in [4.69, 9.17) is 9.84 Å². The number of para-hydroxylation sites is 1. The molecule has 0 atom stereocenters. The van der Waals surface area contributed by atoms with Gasteiger partial charge in [0.15, 0.2) is 11.5 Å². The summed E-state index contributed by atoms with van der Waals surface area (Å²) in [6, 6.07) is 4.52. The summed E-state index contributed by atoms with van der Waals surface area (Å²) in [4.78, 5) is 10.3. The van der Waals surface area contributed by atoms with Gasteiger partial charge in [0.05, 0.1) is 0 Å². The lowest BCUT2D eigenvalue weighted by molar-refractivity contribution is -0.211. The summed E-state index contributed by atoms with van der Waals surface area (Å²) < 4.78 is 35.8. The minimum Gasteiger partial charge on any atom is -0.483 e. The molecular weight excluding hydrogens is 246 g/mol. The normalized spacial score (nSPS) is 16.9. The van der Waals surface area contributed by atoms with Gasteiger partial charge in [0.1, 0.15) is 5.60 Å². The molecular formula is C12H12F2O4. The van der Waals surface area contributed by atoms with Crippen LogP contribution in [0.4, 0.5) is 8.78 Å². The number of rotatable bonds is 3. The van der Waals surface area contributed by atoms with Crippen LogP contribution in [0.15, 0.2) is 18.2 Å². The number of carboxylic acids is 1. The molecule has 0 saturated carbocycles. The lowest BCUT2D eigenvalue weighted by Crippen LogP contribution is -2.35. The van der Waals surface area contributed by atoms with E-state index < -0.39 is 17.7 Å². The van der Waals surface area contributed by atoms with E-state index in [1.165, 1.54) is 12.1 Å². The zero-order chi connectivity index (χ0) is 13.6. The van der Waals surface area contributed by atoms with Gasteiger partial charge in [-0.15, -0.1) is 0 Å².